The molecule has 0 unspecified atom stereocenters. The maximum absolute atomic E-state index is 4.59. The summed E-state index contributed by atoms with van der Waals surface area (Å²) in [6.45, 7) is 0. The Morgan fingerprint density at radius 1 is 1.23 bits per heavy atom. The number of aromatic nitrogens is 3. The van der Waals surface area contributed by atoms with E-state index in [1.807, 2.05) is 10.0 Å². The van der Waals surface area contributed by atoms with Crippen LogP contribution in [-0.4, -0.2) is 14.6 Å². The van der Waals surface area contributed by atoms with Gasteiger partial charge in [0.05, 0.1) is 11.4 Å². The maximum atomic E-state index is 4.59. The van der Waals surface area contributed by atoms with Crippen molar-refractivity contribution in [3.05, 3.63) is 16.9 Å². The molecule has 13 heavy (non-hydrogen) atoms. The largest absolute Gasteiger partial charge is 0.222 e. The first-order chi connectivity index (χ1) is 6.45. The lowest BCUT2D eigenvalue weighted by Gasteiger charge is -1.94. The van der Waals surface area contributed by atoms with E-state index in [1.165, 1.54) is 30.7 Å². The molecule has 0 amide bonds. The second-order valence-electron chi connectivity index (χ2n) is 3.50. The van der Waals surface area contributed by atoms with E-state index < -0.39 is 0 Å². The Balaban J connectivity index is 2.22. The van der Waals surface area contributed by atoms with Gasteiger partial charge >= 0.3 is 0 Å². The monoisotopic (exact) mass is 193 g/mol. The van der Waals surface area contributed by atoms with Crippen LogP contribution in [0.4, 0.5) is 0 Å². The van der Waals surface area contributed by atoms with E-state index in [1.54, 1.807) is 11.3 Å². The van der Waals surface area contributed by atoms with Crippen LogP contribution < -0.4 is 0 Å². The summed E-state index contributed by atoms with van der Waals surface area (Å²) in [4.78, 5) is 5.65. The molecule has 0 aromatic carbocycles. The molecule has 1 aliphatic carbocycles. The first kappa shape index (κ1) is 7.50. The minimum Gasteiger partial charge on any atom is -0.222 e. The van der Waals surface area contributed by atoms with Crippen molar-refractivity contribution in [1.29, 1.82) is 0 Å². The van der Waals surface area contributed by atoms with E-state index in [-0.39, 0.29) is 0 Å². The molecule has 0 atom stereocenters. The van der Waals surface area contributed by atoms with Gasteiger partial charge in [-0.25, -0.2) is 9.50 Å². The number of hydrogen-bond donors (Lipinski definition) is 0. The summed E-state index contributed by atoms with van der Waals surface area (Å²) in [5.41, 5.74) is 4.51. The summed E-state index contributed by atoms with van der Waals surface area (Å²) < 4.78 is 2.02. The van der Waals surface area contributed by atoms with Gasteiger partial charge < -0.3 is 0 Å². The quantitative estimate of drug-likeness (QED) is 0.599. The van der Waals surface area contributed by atoms with E-state index in [0.717, 1.165) is 17.8 Å². The van der Waals surface area contributed by atoms with Crippen molar-refractivity contribution in [1.82, 2.24) is 14.6 Å². The van der Waals surface area contributed by atoms with Crippen LogP contribution in [0, 0.1) is 0 Å². The van der Waals surface area contributed by atoms with Gasteiger partial charge in [0.2, 0.25) is 4.96 Å². The average molecular weight is 193 g/mol. The van der Waals surface area contributed by atoms with Crippen molar-refractivity contribution >= 4 is 16.3 Å². The number of imidazole rings is 1. The van der Waals surface area contributed by atoms with Crippen LogP contribution in [0.5, 0.6) is 0 Å². The molecule has 0 radical (unpaired) electrons. The zero-order chi connectivity index (χ0) is 8.67. The predicted octanol–water partition coefficient (Wildman–Crippen LogP) is 2.06. The highest BCUT2D eigenvalue weighted by atomic mass is 32.1. The molecule has 1 aliphatic rings. The van der Waals surface area contributed by atoms with Crippen LogP contribution in [0.2, 0.25) is 0 Å². The summed E-state index contributed by atoms with van der Waals surface area (Å²) in [5.74, 6) is 0. The van der Waals surface area contributed by atoms with Crippen LogP contribution in [0.3, 0.4) is 0 Å². The number of hydrogen-bond acceptors (Lipinski definition) is 3. The average Bonchev–Trinajstić information content (AvgIpc) is 2.61. The SMILES string of the molecule is c1nn2c3c(nc2s1)CCCCC3. The zero-order valence-corrected chi connectivity index (χ0v) is 8.18. The van der Waals surface area contributed by atoms with Crippen LogP contribution in [0.25, 0.3) is 4.96 Å². The normalized spacial score (nSPS) is 17.2. The Kier molecular flexibility index (Phi) is 1.62. The molecule has 0 fully saturated rings. The van der Waals surface area contributed by atoms with Crippen LogP contribution >= 0.6 is 11.3 Å². The number of rotatable bonds is 0. The number of aryl methyl sites for hydroxylation is 2. The molecule has 0 bridgehead atoms. The highest BCUT2D eigenvalue weighted by Crippen LogP contribution is 2.22. The molecule has 68 valence electrons. The Labute approximate surface area is 80.4 Å². The lowest BCUT2D eigenvalue weighted by atomic mass is 10.2. The molecule has 0 N–H and O–H groups in total. The van der Waals surface area contributed by atoms with Crippen LogP contribution in [0.15, 0.2) is 5.51 Å². The highest BCUT2D eigenvalue weighted by molar-refractivity contribution is 7.14. The van der Waals surface area contributed by atoms with Gasteiger partial charge in [0, 0.05) is 0 Å². The summed E-state index contributed by atoms with van der Waals surface area (Å²) in [5, 5.41) is 4.31. The minimum absolute atomic E-state index is 1.06. The smallest absolute Gasteiger partial charge is 0.212 e. The topological polar surface area (TPSA) is 30.2 Å². The molecule has 0 aliphatic heterocycles. The summed E-state index contributed by atoms with van der Waals surface area (Å²) in [6.07, 6.45) is 6.21. The van der Waals surface area contributed by atoms with Gasteiger partial charge in [-0.3, -0.25) is 0 Å². The third-order valence-electron chi connectivity index (χ3n) is 2.65. The molecule has 3 nitrogen and oxygen atoms in total. The van der Waals surface area contributed by atoms with Gasteiger partial charge in [0.25, 0.3) is 0 Å². The van der Waals surface area contributed by atoms with Gasteiger partial charge in [0.1, 0.15) is 5.51 Å². The molecule has 0 spiro atoms. The number of nitrogens with zero attached hydrogens (tertiary/aromatic N) is 3. The van der Waals surface area contributed by atoms with Gasteiger partial charge in [-0.05, 0) is 25.7 Å². The predicted molar refractivity (Wildman–Crippen MR) is 52.1 cm³/mol. The molecule has 3 rings (SSSR count). The van der Waals surface area contributed by atoms with Crippen molar-refractivity contribution in [2.24, 2.45) is 0 Å². The first-order valence-corrected chi connectivity index (χ1v) is 5.63. The van der Waals surface area contributed by atoms with Crippen molar-refractivity contribution in [2.75, 3.05) is 0 Å². The molecule has 2 aromatic rings. The Bertz CT molecular complexity index is 429. The Morgan fingerprint density at radius 2 is 2.15 bits per heavy atom. The fourth-order valence-corrected chi connectivity index (χ4v) is 2.65. The van der Waals surface area contributed by atoms with Gasteiger partial charge in [-0.2, -0.15) is 5.10 Å². The van der Waals surface area contributed by atoms with Crippen LogP contribution in [0.1, 0.15) is 30.7 Å². The Hall–Kier alpha value is -0.900. The van der Waals surface area contributed by atoms with Crippen molar-refractivity contribution in [3.63, 3.8) is 0 Å². The third-order valence-corrected chi connectivity index (χ3v) is 3.32. The summed E-state index contributed by atoms with van der Waals surface area (Å²) in [6, 6.07) is 0. The second kappa shape index (κ2) is 2.80. The fraction of sp³-hybridized carbons (Fsp3) is 0.556. The molecule has 4 heteroatoms. The Morgan fingerprint density at radius 3 is 3.15 bits per heavy atom. The third kappa shape index (κ3) is 1.09. The minimum atomic E-state index is 1.06. The molecular formula is C9H11N3S. The lowest BCUT2D eigenvalue weighted by Crippen LogP contribution is -1.94. The van der Waals surface area contributed by atoms with E-state index in [9.17, 15) is 0 Å². The second-order valence-corrected chi connectivity index (χ2v) is 4.31. The van der Waals surface area contributed by atoms with E-state index in [2.05, 4.69) is 10.1 Å². The maximum Gasteiger partial charge on any atom is 0.212 e. The van der Waals surface area contributed by atoms with E-state index in [4.69, 9.17) is 0 Å². The first-order valence-electron chi connectivity index (χ1n) is 4.75. The van der Waals surface area contributed by atoms with Gasteiger partial charge in [-0.1, -0.05) is 17.8 Å². The molecule has 2 aromatic heterocycles. The zero-order valence-electron chi connectivity index (χ0n) is 7.36. The number of fused-ring (bicyclic) bond motifs is 3. The lowest BCUT2D eigenvalue weighted by molar-refractivity contribution is 0.697. The molecule has 0 saturated heterocycles. The fourth-order valence-electron chi connectivity index (χ4n) is 1.99. The standard InChI is InChI=1S/C9H11N3S/c1-2-4-7-8(5-3-1)12-9(11-7)13-6-10-12/h6H,1-5H2. The van der Waals surface area contributed by atoms with E-state index >= 15 is 0 Å². The molecule has 0 saturated carbocycles. The van der Waals surface area contributed by atoms with E-state index in [0.29, 0.717) is 0 Å². The van der Waals surface area contributed by atoms with Crippen molar-refractivity contribution in [2.45, 2.75) is 32.1 Å². The molecular weight excluding hydrogens is 182 g/mol. The summed E-state index contributed by atoms with van der Waals surface area (Å²) >= 11 is 1.63. The van der Waals surface area contributed by atoms with Crippen molar-refractivity contribution in [3.8, 4) is 0 Å². The van der Waals surface area contributed by atoms with Crippen LogP contribution in [-0.2, 0) is 12.8 Å². The summed E-state index contributed by atoms with van der Waals surface area (Å²) in [7, 11) is 0. The van der Waals surface area contributed by atoms with Gasteiger partial charge in [0.15, 0.2) is 0 Å². The molecule has 2 heterocycles. The highest BCUT2D eigenvalue weighted by Gasteiger charge is 2.15. The van der Waals surface area contributed by atoms with Gasteiger partial charge in [-0.15, -0.1) is 0 Å². The van der Waals surface area contributed by atoms with Crippen molar-refractivity contribution < 1.29 is 0 Å².